The van der Waals surface area contributed by atoms with Gasteiger partial charge in [0, 0.05) is 28.1 Å². The number of halogens is 2. The number of fused-ring (bicyclic) bond motifs is 1. The number of carbonyl (C=O) groups excluding carboxylic acids is 1. The van der Waals surface area contributed by atoms with Crippen molar-refractivity contribution in [3.63, 3.8) is 0 Å². The predicted molar refractivity (Wildman–Crippen MR) is 164 cm³/mol. The minimum Gasteiger partial charge on any atom is -0.364 e. The molecule has 5 aromatic rings. The number of aromatic nitrogens is 2. The number of piperidine rings is 1. The molecule has 40 heavy (non-hydrogen) atoms. The molecular weight excluding hydrogens is 563 g/mol. The number of benzene rings is 2. The van der Waals surface area contributed by atoms with E-state index in [9.17, 15) is 4.79 Å². The third-order valence-corrected chi connectivity index (χ3v) is 9.45. The normalized spacial score (nSPS) is 14.9. The molecule has 2 N–H and O–H groups in total. The van der Waals surface area contributed by atoms with Crippen molar-refractivity contribution in [1.82, 2.24) is 14.6 Å². The van der Waals surface area contributed by atoms with E-state index in [2.05, 4.69) is 23.9 Å². The van der Waals surface area contributed by atoms with Gasteiger partial charge in [0.25, 0.3) is 5.91 Å². The Hall–Kier alpha value is -3.10. The van der Waals surface area contributed by atoms with Gasteiger partial charge < -0.3 is 19.7 Å². The van der Waals surface area contributed by atoms with Gasteiger partial charge in [0.15, 0.2) is 5.76 Å². The zero-order chi connectivity index (χ0) is 28.0. The van der Waals surface area contributed by atoms with Gasteiger partial charge in [0.1, 0.15) is 11.4 Å². The van der Waals surface area contributed by atoms with Crippen LogP contribution in [-0.4, -0.2) is 39.7 Å². The SMILES string of the molecule is CC(C)N1CCC(c2c(Cl)ccc3c2c(-c2ccccc2)c(C(N)=O)n3Cc2cc(-c3ccc(Cl)s3)on2)CC1. The first-order valence-electron chi connectivity index (χ1n) is 13.5. The molecule has 1 fully saturated rings. The van der Waals surface area contributed by atoms with Crippen LogP contribution in [0.5, 0.6) is 0 Å². The number of amides is 1. The number of hydrogen-bond acceptors (Lipinski definition) is 5. The molecule has 9 heteroatoms. The number of primary amides is 1. The summed E-state index contributed by atoms with van der Waals surface area (Å²) in [5.74, 6) is 0.404. The first-order valence-corrected chi connectivity index (χ1v) is 15.0. The zero-order valence-corrected chi connectivity index (χ0v) is 24.7. The number of thiophene rings is 1. The number of likely N-dealkylation sites (tertiary alicyclic amines) is 1. The average molecular weight is 594 g/mol. The third kappa shape index (κ3) is 4.96. The molecule has 4 heterocycles. The summed E-state index contributed by atoms with van der Waals surface area (Å²) in [6.45, 7) is 6.81. The summed E-state index contributed by atoms with van der Waals surface area (Å²) in [5.41, 5.74) is 11.0. The number of nitrogens with two attached hydrogens (primary N) is 1. The van der Waals surface area contributed by atoms with Crippen LogP contribution in [0.15, 0.2) is 65.2 Å². The van der Waals surface area contributed by atoms with Gasteiger partial charge in [-0.05, 0) is 81.1 Å². The van der Waals surface area contributed by atoms with Crippen LogP contribution in [0.3, 0.4) is 0 Å². The molecule has 1 amide bonds. The molecule has 0 saturated carbocycles. The van der Waals surface area contributed by atoms with E-state index in [4.69, 9.17) is 33.5 Å². The lowest BCUT2D eigenvalue weighted by atomic mass is 9.85. The van der Waals surface area contributed by atoms with Crippen LogP contribution in [0.4, 0.5) is 0 Å². The fraction of sp³-hybridized carbons (Fsp3) is 0.290. The highest BCUT2D eigenvalue weighted by molar-refractivity contribution is 7.19. The molecule has 0 aliphatic carbocycles. The number of nitrogens with zero attached hydrogens (tertiary/aromatic N) is 3. The number of rotatable bonds is 7. The van der Waals surface area contributed by atoms with E-state index in [0.29, 0.717) is 34.1 Å². The molecule has 6 nitrogen and oxygen atoms in total. The van der Waals surface area contributed by atoms with Crippen molar-refractivity contribution >= 4 is 51.3 Å². The fourth-order valence-electron chi connectivity index (χ4n) is 5.97. The van der Waals surface area contributed by atoms with Gasteiger partial charge in [0.2, 0.25) is 0 Å². The smallest absolute Gasteiger partial charge is 0.266 e. The Kier molecular flexibility index (Phi) is 7.48. The van der Waals surface area contributed by atoms with Crippen LogP contribution in [-0.2, 0) is 6.54 Å². The van der Waals surface area contributed by atoms with E-state index in [-0.39, 0.29) is 5.92 Å². The average Bonchev–Trinajstić information content (AvgIpc) is 3.67. The maximum atomic E-state index is 13.2. The van der Waals surface area contributed by atoms with Gasteiger partial charge in [-0.2, -0.15) is 0 Å². The molecule has 0 atom stereocenters. The van der Waals surface area contributed by atoms with Gasteiger partial charge in [-0.3, -0.25) is 4.79 Å². The molecule has 1 saturated heterocycles. The van der Waals surface area contributed by atoms with E-state index in [0.717, 1.165) is 63.4 Å². The van der Waals surface area contributed by atoms with Crippen molar-refractivity contribution in [3.05, 3.63) is 87.0 Å². The van der Waals surface area contributed by atoms with E-state index in [1.54, 1.807) is 0 Å². The second-order valence-corrected chi connectivity index (χ2v) is 12.7. The summed E-state index contributed by atoms with van der Waals surface area (Å²) in [4.78, 5) is 16.6. The van der Waals surface area contributed by atoms with E-state index in [1.165, 1.54) is 11.3 Å². The highest BCUT2D eigenvalue weighted by Crippen LogP contribution is 2.45. The molecule has 0 bridgehead atoms. The van der Waals surface area contributed by atoms with Crippen LogP contribution in [0.2, 0.25) is 9.36 Å². The summed E-state index contributed by atoms with van der Waals surface area (Å²) in [7, 11) is 0. The Morgan fingerprint density at radius 3 is 2.50 bits per heavy atom. The summed E-state index contributed by atoms with van der Waals surface area (Å²) in [6.07, 6.45) is 2.00. The van der Waals surface area contributed by atoms with Crippen LogP contribution >= 0.6 is 34.5 Å². The highest BCUT2D eigenvalue weighted by Gasteiger charge is 2.31. The quantitative estimate of drug-likeness (QED) is 0.207. The minimum absolute atomic E-state index is 0.271. The van der Waals surface area contributed by atoms with Crippen molar-refractivity contribution in [2.45, 2.75) is 45.2 Å². The van der Waals surface area contributed by atoms with Gasteiger partial charge in [-0.1, -0.05) is 58.7 Å². The Bertz CT molecular complexity index is 1680. The molecule has 0 unspecified atom stereocenters. The lowest BCUT2D eigenvalue weighted by Crippen LogP contribution is -2.37. The van der Waals surface area contributed by atoms with Crippen molar-refractivity contribution in [1.29, 1.82) is 0 Å². The largest absolute Gasteiger partial charge is 0.364 e. The number of hydrogen-bond donors (Lipinski definition) is 1. The maximum absolute atomic E-state index is 13.2. The fourth-order valence-corrected chi connectivity index (χ4v) is 7.27. The van der Waals surface area contributed by atoms with Gasteiger partial charge in [-0.15, -0.1) is 11.3 Å². The molecule has 2 aromatic carbocycles. The van der Waals surface area contributed by atoms with Crippen LogP contribution in [0.1, 0.15) is 54.4 Å². The predicted octanol–water partition coefficient (Wildman–Crippen LogP) is 8.07. The van der Waals surface area contributed by atoms with Crippen LogP contribution < -0.4 is 5.73 Å². The molecule has 0 spiro atoms. The number of carbonyl (C=O) groups is 1. The first-order chi connectivity index (χ1) is 19.3. The third-order valence-electron chi connectivity index (χ3n) is 7.88. The van der Waals surface area contributed by atoms with Gasteiger partial charge >= 0.3 is 0 Å². The standard InChI is InChI=1S/C31H30Cl2N4O2S/c1-18(2)36-14-12-20(13-15-36)27-22(32)8-9-23-29(27)28(19-6-4-3-5-7-19)30(31(34)38)37(23)17-21-16-24(39-35-21)25-10-11-26(33)40-25/h3-11,16,18,20H,12-15,17H2,1-2H3,(H2,34,38). The van der Waals surface area contributed by atoms with Crippen LogP contribution in [0.25, 0.3) is 32.7 Å². The lowest BCUT2D eigenvalue weighted by Gasteiger charge is -2.35. The van der Waals surface area contributed by atoms with E-state index >= 15 is 0 Å². The second-order valence-electron chi connectivity index (χ2n) is 10.6. The molecule has 6 rings (SSSR count). The van der Waals surface area contributed by atoms with Gasteiger partial charge in [-0.25, -0.2) is 0 Å². The molecular formula is C31H30Cl2N4O2S. The summed E-state index contributed by atoms with van der Waals surface area (Å²) in [5, 5.41) is 6.04. The molecule has 1 aliphatic rings. The van der Waals surface area contributed by atoms with E-state index < -0.39 is 5.91 Å². The Morgan fingerprint density at radius 1 is 1.10 bits per heavy atom. The van der Waals surface area contributed by atoms with Crippen molar-refractivity contribution in [2.75, 3.05) is 13.1 Å². The van der Waals surface area contributed by atoms with Gasteiger partial charge in [0.05, 0.1) is 21.3 Å². The van der Waals surface area contributed by atoms with Crippen molar-refractivity contribution < 1.29 is 9.32 Å². The Morgan fingerprint density at radius 2 is 1.85 bits per heavy atom. The van der Waals surface area contributed by atoms with Crippen molar-refractivity contribution in [2.24, 2.45) is 5.73 Å². The summed E-state index contributed by atoms with van der Waals surface area (Å²) >= 11 is 14.6. The monoisotopic (exact) mass is 592 g/mol. The molecule has 0 radical (unpaired) electrons. The molecule has 206 valence electrons. The zero-order valence-electron chi connectivity index (χ0n) is 22.4. The molecule has 1 aliphatic heterocycles. The Labute approximate surface area is 247 Å². The maximum Gasteiger partial charge on any atom is 0.266 e. The molecule has 3 aromatic heterocycles. The summed E-state index contributed by atoms with van der Waals surface area (Å²) in [6, 6.07) is 20.0. The van der Waals surface area contributed by atoms with Crippen molar-refractivity contribution in [3.8, 4) is 21.8 Å². The van der Waals surface area contributed by atoms with Crippen LogP contribution in [0, 0.1) is 0 Å². The second kappa shape index (κ2) is 11.1. The Balaban J connectivity index is 1.53. The highest BCUT2D eigenvalue weighted by atomic mass is 35.5. The topological polar surface area (TPSA) is 77.3 Å². The summed E-state index contributed by atoms with van der Waals surface area (Å²) < 4.78 is 8.30. The minimum atomic E-state index is -0.500. The van der Waals surface area contributed by atoms with E-state index in [1.807, 2.05) is 65.2 Å². The lowest BCUT2D eigenvalue weighted by molar-refractivity contribution is 0.0993. The first kappa shape index (κ1) is 27.1.